The van der Waals surface area contributed by atoms with E-state index in [0.29, 0.717) is 22.8 Å². The molecule has 0 radical (unpaired) electrons. The van der Waals surface area contributed by atoms with Gasteiger partial charge in [0, 0.05) is 24.2 Å². The summed E-state index contributed by atoms with van der Waals surface area (Å²) in [5, 5.41) is 26.8. The molecule has 9 nitrogen and oxygen atoms in total. The topological polar surface area (TPSA) is 146 Å². The number of thiazole rings is 1. The van der Waals surface area contributed by atoms with E-state index in [9.17, 15) is 9.90 Å². The van der Waals surface area contributed by atoms with E-state index in [0.717, 1.165) is 34.0 Å². The van der Waals surface area contributed by atoms with Crippen molar-refractivity contribution in [3.05, 3.63) is 58.5 Å². The molecule has 2 unspecified atom stereocenters. The number of hydrogen-bond donors (Lipinski definition) is 4. The van der Waals surface area contributed by atoms with Crippen LogP contribution in [-0.2, 0) is 13.5 Å². The van der Waals surface area contributed by atoms with Crippen molar-refractivity contribution in [2.24, 2.45) is 17.8 Å². The molecule has 0 amide bonds. The lowest BCUT2D eigenvalue weighted by molar-refractivity contribution is 0.0947. The summed E-state index contributed by atoms with van der Waals surface area (Å²) in [6, 6.07) is 5.68. The highest BCUT2D eigenvalue weighted by Gasteiger charge is 2.32. The van der Waals surface area contributed by atoms with E-state index < -0.39 is 12.1 Å². The van der Waals surface area contributed by atoms with E-state index in [1.807, 2.05) is 18.3 Å². The zero-order chi connectivity index (χ0) is 23.1. The van der Waals surface area contributed by atoms with Gasteiger partial charge in [0.2, 0.25) is 5.78 Å². The molecular formula is C23H23N7O2S. The van der Waals surface area contributed by atoms with Crippen LogP contribution in [0.2, 0.25) is 0 Å². The number of aryl methyl sites for hydroxylation is 2. The molecule has 1 aliphatic rings. The first kappa shape index (κ1) is 21.2. The molecule has 0 saturated heterocycles. The standard InChI is InChI=1S/C23H23N7O2S/c1-30-18-14(21-22(30)28-23(33-21)19(31)15(25)8-9-24)10-26-17(20(18)32)7-3-5-12-4-2-6-16-13(12)11-27-29-16/h2,4,6,8-11,17,19,25,31H,3,5,7,24H2,1H3,(H,27,29)/b9-8-,25-15?. The van der Waals surface area contributed by atoms with Gasteiger partial charge in [0.15, 0.2) is 5.65 Å². The van der Waals surface area contributed by atoms with Crippen molar-refractivity contribution in [1.82, 2.24) is 19.7 Å². The van der Waals surface area contributed by atoms with Crippen molar-refractivity contribution in [1.29, 1.82) is 5.41 Å². The summed E-state index contributed by atoms with van der Waals surface area (Å²) in [7, 11) is 1.80. The number of nitrogens with zero attached hydrogens (tertiary/aromatic N) is 4. The average Bonchev–Trinajstić information content (AvgIpc) is 3.52. The first-order valence-corrected chi connectivity index (χ1v) is 11.4. The summed E-state index contributed by atoms with van der Waals surface area (Å²) in [5.74, 6) is -0.0115. The fraction of sp³-hybridized carbons (Fsp3) is 0.261. The second kappa shape index (κ2) is 8.38. The summed E-state index contributed by atoms with van der Waals surface area (Å²) in [6.45, 7) is 0. The Morgan fingerprint density at radius 3 is 3.12 bits per heavy atom. The van der Waals surface area contributed by atoms with Crippen LogP contribution >= 0.6 is 11.3 Å². The Balaban J connectivity index is 1.34. The van der Waals surface area contributed by atoms with Gasteiger partial charge in [0.25, 0.3) is 0 Å². The molecule has 1 aromatic carbocycles. The Labute approximate surface area is 193 Å². The van der Waals surface area contributed by atoms with Gasteiger partial charge < -0.3 is 20.8 Å². The predicted octanol–water partition coefficient (Wildman–Crippen LogP) is 3.04. The van der Waals surface area contributed by atoms with Crippen molar-refractivity contribution >= 4 is 50.3 Å². The molecule has 2 atom stereocenters. The van der Waals surface area contributed by atoms with Crippen LogP contribution in [0.1, 0.15) is 45.6 Å². The van der Waals surface area contributed by atoms with Gasteiger partial charge >= 0.3 is 0 Å². The molecule has 4 heterocycles. The maximum absolute atomic E-state index is 13.3. The Bertz CT molecular complexity index is 1440. The minimum atomic E-state index is -1.17. The Morgan fingerprint density at radius 2 is 2.30 bits per heavy atom. The van der Waals surface area contributed by atoms with Crippen molar-refractivity contribution in [3.8, 4) is 0 Å². The molecule has 10 heteroatoms. The van der Waals surface area contributed by atoms with Crippen molar-refractivity contribution in [2.45, 2.75) is 31.4 Å². The SMILES string of the molecule is Cn1c2c(c3sc(C(O)C(=N)/C=C\N)nc31)C=NC(CCCc1cccc3[nH]ncc13)C2=O. The number of carbonyl (C=O) groups is 1. The van der Waals surface area contributed by atoms with Gasteiger partial charge in [0.05, 0.1) is 27.8 Å². The van der Waals surface area contributed by atoms with E-state index in [1.165, 1.54) is 29.2 Å². The zero-order valence-electron chi connectivity index (χ0n) is 17.9. The number of nitrogens with one attached hydrogen (secondary N) is 2. The number of H-pyrrole nitrogens is 1. The molecule has 5 rings (SSSR count). The van der Waals surface area contributed by atoms with Gasteiger partial charge in [-0.3, -0.25) is 14.9 Å². The summed E-state index contributed by atoms with van der Waals surface area (Å²) in [5.41, 5.74) is 9.43. The number of benzene rings is 1. The number of aliphatic imine (C=N–C) groups is 1. The average molecular weight is 462 g/mol. The van der Waals surface area contributed by atoms with Crippen LogP contribution in [0.25, 0.3) is 21.3 Å². The number of aromatic nitrogens is 4. The normalized spacial score (nSPS) is 16.8. The van der Waals surface area contributed by atoms with Crippen molar-refractivity contribution in [3.63, 3.8) is 0 Å². The number of ketones is 1. The van der Waals surface area contributed by atoms with E-state index in [2.05, 4.69) is 26.2 Å². The smallest absolute Gasteiger partial charge is 0.204 e. The monoisotopic (exact) mass is 461 g/mol. The van der Waals surface area contributed by atoms with Gasteiger partial charge in [-0.25, -0.2) is 4.98 Å². The van der Waals surface area contributed by atoms with E-state index >= 15 is 0 Å². The summed E-state index contributed by atoms with van der Waals surface area (Å²) in [4.78, 5) is 22.3. The number of carbonyl (C=O) groups excluding carboxylic acids is 1. The minimum absolute atomic E-state index is 0.0115. The third kappa shape index (κ3) is 3.57. The quantitative estimate of drug-likeness (QED) is 0.312. The molecule has 33 heavy (non-hydrogen) atoms. The second-order valence-corrected chi connectivity index (χ2v) is 9.07. The predicted molar refractivity (Wildman–Crippen MR) is 129 cm³/mol. The molecule has 0 fully saturated rings. The Kier molecular flexibility index (Phi) is 5.39. The highest BCUT2D eigenvalue weighted by atomic mass is 32.1. The van der Waals surface area contributed by atoms with Crippen molar-refractivity contribution < 1.29 is 9.90 Å². The third-order valence-electron chi connectivity index (χ3n) is 6.00. The minimum Gasteiger partial charge on any atom is -0.405 e. The van der Waals surface area contributed by atoms with Crippen molar-refractivity contribution in [2.75, 3.05) is 0 Å². The van der Waals surface area contributed by atoms with Gasteiger partial charge in [-0.1, -0.05) is 12.1 Å². The van der Waals surface area contributed by atoms with Crippen LogP contribution in [0.15, 0.2) is 41.7 Å². The summed E-state index contributed by atoms with van der Waals surface area (Å²) >= 11 is 1.27. The third-order valence-corrected chi connectivity index (χ3v) is 7.13. The fourth-order valence-corrected chi connectivity index (χ4v) is 5.43. The maximum atomic E-state index is 13.3. The molecule has 1 aliphatic heterocycles. The number of aliphatic hydroxyl groups is 1. The summed E-state index contributed by atoms with van der Waals surface area (Å²) in [6.07, 6.45) is 7.29. The largest absolute Gasteiger partial charge is 0.405 e. The number of Topliss-reactive ketones (excluding diaryl/α,β-unsaturated/α-hetero) is 1. The first-order chi connectivity index (χ1) is 16.0. The second-order valence-electron chi connectivity index (χ2n) is 8.04. The number of hydrogen-bond acceptors (Lipinski definition) is 8. The molecule has 0 bridgehead atoms. The number of rotatable bonds is 7. The maximum Gasteiger partial charge on any atom is 0.204 e. The van der Waals surface area contributed by atoms with Crippen LogP contribution in [-0.4, -0.2) is 48.6 Å². The molecule has 0 saturated carbocycles. The van der Waals surface area contributed by atoms with Crippen LogP contribution < -0.4 is 5.73 Å². The molecule has 5 N–H and O–H groups in total. The molecule has 0 aliphatic carbocycles. The highest BCUT2D eigenvalue weighted by molar-refractivity contribution is 7.19. The number of aromatic amines is 1. The molecule has 0 spiro atoms. The zero-order valence-corrected chi connectivity index (χ0v) is 18.8. The molecule has 168 valence electrons. The number of nitrogens with two attached hydrogens (primary N) is 1. The lowest BCUT2D eigenvalue weighted by Crippen LogP contribution is -2.26. The Hall–Kier alpha value is -3.63. The lowest BCUT2D eigenvalue weighted by Gasteiger charge is -2.17. The molecular weight excluding hydrogens is 438 g/mol. The van der Waals surface area contributed by atoms with Crippen LogP contribution in [0.4, 0.5) is 0 Å². The van der Waals surface area contributed by atoms with Gasteiger partial charge in [0.1, 0.15) is 17.2 Å². The number of fused-ring (bicyclic) bond motifs is 4. The van der Waals surface area contributed by atoms with Gasteiger partial charge in [-0.15, -0.1) is 11.3 Å². The highest BCUT2D eigenvalue weighted by Crippen LogP contribution is 2.35. The molecule has 4 aromatic rings. The Morgan fingerprint density at radius 1 is 1.45 bits per heavy atom. The van der Waals surface area contributed by atoms with E-state index in [-0.39, 0.29) is 11.5 Å². The van der Waals surface area contributed by atoms with Crippen LogP contribution in [0.3, 0.4) is 0 Å². The fourth-order valence-electron chi connectivity index (χ4n) is 4.32. The molecule has 3 aromatic heterocycles. The lowest BCUT2D eigenvalue weighted by atomic mass is 9.96. The number of aliphatic hydroxyl groups excluding tert-OH is 1. The van der Waals surface area contributed by atoms with Gasteiger partial charge in [-0.05, 0) is 43.2 Å². The first-order valence-electron chi connectivity index (χ1n) is 10.6. The van der Waals surface area contributed by atoms with E-state index in [4.69, 9.17) is 11.1 Å². The van der Waals surface area contributed by atoms with E-state index in [1.54, 1.807) is 17.8 Å². The van der Waals surface area contributed by atoms with Crippen LogP contribution in [0, 0.1) is 5.41 Å². The van der Waals surface area contributed by atoms with Gasteiger partial charge in [-0.2, -0.15) is 5.10 Å². The van der Waals surface area contributed by atoms with Crippen LogP contribution in [0.5, 0.6) is 0 Å². The summed E-state index contributed by atoms with van der Waals surface area (Å²) < 4.78 is 2.56.